The molecule has 0 aliphatic carbocycles. The lowest BCUT2D eigenvalue weighted by atomic mass is 10.0. The molecule has 2 heterocycles. The normalized spacial score (nSPS) is 20.4. The van der Waals surface area contributed by atoms with Crippen LogP contribution in [0.5, 0.6) is 0 Å². The third kappa shape index (κ3) is 3.55. The van der Waals surface area contributed by atoms with E-state index in [-0.39, 0.29) is 16.7 Å². The van der Waals surface area contributed by atoms with E-state index in [1.54, 1.807) is 18.2 Å². The summed E-state index contributed by atoms with van der Waals surface area (Å²) in [5.41, 5.74) is 0.551. The molecule has 3 rings (SSSR count). The van der Waals surface area contributed by atoms with E-state index in [9.17, 15) is 13.2 Å². The minimum absolute atomic E-state index is 0.0369. The van der Waals surface area contributed by atoms with Crippen molar-refractivity contribution in [2.45, 2.75) is 37.5 Å². The van der Waals surface area contributed by atoms with Crippen LogP contribution in [0.2, 0.25) is 0 Å². The number of carbonyl (C=O) groups is 1. The summed E-state index contributed by atoms with van der Waals surface area (Å²) < 4.78 is 28.2. The maximum atomic E-state index is 12.2. The van der Waals surface area contributed by atoms with Crippen molar-refractivity contribution >= 4 is 27.5 Å². The van der Waals surface area contributed by atoms with Crippen molar-refractivity contribution in [3.8, 4) is 0 Å². The number of anilines is 1. The molecule has 1 amide bonds. The summed E-state index contributed by atoms with van der Waals surface area (Å²) in [6, 6.07) is 6.72. The molecule has 0 radical (unpaired) electrons. The third-order valence-electron chi connectivity index (χ3n) is 4.20. The SMILES string of the molecule is CC(CC(=O)N1CCCC1)CC1=NS(=O)(=O)c2ccccc2N1. The molecule has 6 nitrogen and oxygen atoms in total. The van der Waals surface area contributed by atoms with Crippen LogP contribution < -0.4 is 5.32 Å². The number of nitrogens with zero attached hydrogens (tertiary/aromatic N) is 2. The molecule has 1 saturated heterocycles. The minimum atomic E-state index is -3.65. The van der Waals surface area contributed by atoms with Crippen LogP contribution in [0.4, 0.5) is 5.69 Å². The number of para-hydroxylation sites is 1. The molecule has 0 spiro atoms. The zero-order valence-corrected chi connectivity index (χ0v) is 14.0. The van der Waals surface area contributed by atoms with E-state index < -0.39 is 10.0 Å². The number of sulfonamides is 1. The van der Waals surface area contributed by atoms with Gasteiger partial charge in [0.1, 0.15) is 10.7 Å². The van der Waals surface area contributed by atoms with Gasteiger partial charge in [-0.05, 0) is 30.9 Å². The van der Waals surface area contributed by atoms with E-state index in [1.165, 1.54) is 6.07 Å². The molecule has 1 fully saturated rings. The summed E-state index contributed by atoms with van der Waals surface area (Å²) in [5, 5.41) is 3.07. The van der Waals surface area contributed by atoms with Crippen LogP contribution in [0.1, 0.15) is 32.6 Å². The topological polar surface area (TPSA) is 78.8 Å². The molecule has 2 aliphatic rings. The van der Waals surface area contributed by atoms with Crippen LogP contribution in [0.3, 0.4) is 0 Å². The van der Waals surface area contributed by atoms with E-state index in [1.807, 2.05) is 11.8 Å². The second-order valence-electron chi connectivity index (χ2n) is 6.24. The summed E-state index contributed by atoms with van der Waals surface area (Å²) in [5.74, 6) is 0.593. The third-order valence-corrected chi connectivity index (χ3v) is 5.57. The minimum Gasteiger partial charge on any atom is -0.343 e. The van der Waals surface area contributed by atoms with Gasteiger partial charge in [0.25, 0.3) is 10.0 Å². The van der Waals surface area contributed by atoms with Crippen molar-refractivity contribution in [2.75, 3.05) is 18.4 Å². The second-order valence-corrected chi connectivity index (χ2v) is 7.81. The Hall–Kier alpha value is -1.89. The predicted molar refractivity (Wildman–Crippen MR) is 88.9 cm³/mol. The zero-order chi connectivity index (χ0) is 16.4. The van der Waals surface area contributed by atoms with Gasteiger partial charge in [-0.1, -0.05) is 19.1 Å². The molecule has 7 heteroatoms. The fourth-order valence-corrected chi connectivity index (χ4v) is 4.21. The van der Waals surface area contributed by atoms with Gasteiger partial charge in [-0.15, -0.1) is 4.40 Å². The van der Waals surface area contributed by atoms with Gasteiger partial charge in [0, 0.05) is 25.9 Å². The van der Waals surface area contributed by atoms with Crippen molar-refractivity contribution in [3.05, 3.63) is 24.3 Å². The number of amides is 1. The smallest absolute Gasteiger partial charge is 0.286 e. The molecule has 1 aromatic rings. The largest absolute Gasteiger partial charge is 0.343 e. The summed E-state index contributed by atoms with van der Waals surface area (Å²) >= 11 is 0. The Kier molecular flexibility index (Phi) is 4.39. The lowest BCUT2D eigenvalue weighted by molar-refractivity contribution is -0.130. The number of hydrogen-bond donors (Lipinski definition) is 1. The molecule has 1 unspecified atom stereocenters. The van der Waals surface area contributed by atoms with Gasteiger partial charge in [-0.3, -0.25) is 4.79 Å². The number of fused-ring (bicyclic) bond motifs is 1. The lowest BCUT2D eigenvalue weighted by Gasteiger charge is -2.21. The Bertz CT molecular complexity index is 737. The van der Waals surface area contributed by atoms with Gasteiger partial charge >= 0.3 is 0 Å². The zero-order valence-electron chi connectivity index (χ0n) is 13.2. The maximum absolute atomic E-state index is 12.2. The fourth-order valence-electron chi connectivity index (χ4n) is 3.05. The molecule has 0 aromatic heterocycles. The highest BCUT2D eigenvalue weighted by molar-refractivity contribution is 7.90. The average Bonchev–Trinajstić information content (AvgIpc) is 3.00. The monoisotopic (exact) mass is 335 g/mol. The van der Waals surface area contributed by atoms with Crippen molar-refractivity contribution in [2.24, 2.45) is 10.3 Å². The first-order valence-corrected chi connectivity index (χ1v) is 9.37. The molecule has 23 heavy (non-hydrogen) atoms. The number of hydrogen-bond acceptors (Lipinski definition) is 4. The first-order chi connectivity index (χ1) is 11.0. The average molecular weight is 335 g/mol. The highest BCUT2D eigenvalue weighted by Crippen LogP contribution is 2.28. The van der Waals surface area contributed by atoms with Gasteiger partial charge in [-0.25, -0.2) is 0 Å². The van der Waals surface area contributed by atoms with Gasteiger partial charge in [0.05, 0.1) is 5.69 Å². The number of amidine groups is 1. The summed E-state index contributed by atoms with van der Waals surface area (Å²) in [7, 11) is -3.65. The number of rotatable bonds is 4. The van der Waals surface area contributed by atoms with Crippen LogP contribution in [0.25, 0.3) is 0 Å². The summed E-state index contributed by atoms with van der Waals surface area (Å²) in [4.78, 5) is 14.3. The van der Waals surface area contributed by atoms with Crippen LogP contribution in [-0.2, 0) is 14.8 Å². The molecule has 2 aliphatic heterocycles. The Balaban J connectivity index is 1.66. The van der Waals surface area contributed by atoms with Gasteiger partial charge in [0.2, 0.25) is 5.91 Å². The first-order valence-electron chi connectivity index (χ1n) is 7.93. The number of benzene rings is 1. The predicted octanol–water partition coefficient (Wildman–Crippen LogP) is 2.24. The molecule has 1 atom stereocenters. The summed E-state index contributed by atoms with van der Waals surface area (Å²) in [6.45, 7) is 3.63. The number of carbonyl (C=O) groups excluding carboxylic acids is 1. The van der Waals surface area contributed by atoms with E-state index in [2.05, 4.69) is 9.71 Å². The molecular weight excluding hydrogens is 314 g/mol. The standard InChI is InChI=1S/C16H21N3O3S/c1-12(11-16(20)19-8-4-5-9-19)10-15-17-13-6-2-3-7-14(13)23(21,22)18-15/h2-3,6-7,12H,4-5,8-11H2,1H3,(H,17,18). The Labute approximate surface area is 136 Å². The quantitative estimate of drug-likeness (QED) is 0.915. The van der Waals surface area contributed by atoms with Crippen LogP contribution >= 0.6 is 0 Å². The van der Waals surface area contributed by atoms with E-state index in [4.69, 9.17) is 0 Å². The fraction of sp³-hybridized carbons (Fsp3) is 0.500. The van der Waals surface area contributed by atoms with Crippen LogP contribution in [0, 0.1) is 5.92 Å². The van der Waals surface area contributed by atoms with Crippen LogP contribution in [-0.4, -0.2) is 38.2 Å². The number of nitrogens with one attached hydrogen (secondary N) is 1. The molecular formula is C16H21N3O3S. The highest BCUT2D eigenvalue weighted by atomic mass is 32.2. The summed E-state index contributed by atoms with van der Waals surface area (Å²) in [6.07, 6.45) is 3.00. The Morgan fingerprint density at radius 3 is 2.74 bits per heavy atom. The van der Waals surface area contributed by atoms with Gasteiger partial charge in [-0.2, -0.15) is 8.42 Å². The van der Waals surface area contributed by atoms with E-state index in [0.29, 0.717) is 24.4 Å². The molecule has 0 saturated carbocycles. The highest BCUT2D eigenvalue weighted by Gasteiger charge is 2.26. The van der Waals surface area contributed by atoms with Gasteiger partial charge in [0.15, 0.2) is 0 Å². The molecule has 1 N–H and O–H groups in total. The molecule has 0 bridgehead atoms. The van der Waals surface area contributed by atoms with E-state index in [0.717, 1.165) is 25.9 Å². The van der Waals surface area contributed by atoms with Crippen molar-refractivity contribution < 1.29 is 13.2 Å². The van der Waals surface area contributed by atoms with E-state index >= 15 is 0 Å². The second kappa shape index (κ2) is 6.31. The lowest BCUT2D eigenvalue weighted by Crippen LogP contribution is -2.30. The molecule has 124 valence electrons. The van der Waals surface area contributed by atoms with Crippen molar-refractivity contribution in [1.29, 1.82) is 0 Å². The first kappa shape index (κ1) is 16.0. The van der Waals surface area contributed by atoms with Crippen molar-refractivity contribution in [1.82, 2.24) is 4.90 Å². The Morgan fingerprint density at radius 2 is 2.00 bits per heavy atom. The van der Waals surface area contributed by atoms with Crippen molar-refractivity contribution in [3.63, 3.8) is 0 Å². The Morgan fingerprint density at radius 1 is 1.30 bits per heavy atom. The molecule has 1 aromatic carbocycles. The van der Waals surface area contributed by atoms with Crippen LogP contribution in [0.15, 0.2) is 33.6 Å². The maximum Gasteiger partial charge on any atom is 0.286 e. The van der Waals surface area contributed by atoms with Gasteiger partial charge < -0.3 is 10.2 Å². The number of likely N-dealkylation sites (tertiary alicyclic amines) is 1.